The molecule has 2 rings (SSSR count). The molecule has 0 aliphatic carbocycles. The average Bonchev–Trinajstić information content (AvgIpc) is 2.54. The molecule has 1 aromatic heterocycles. The van der Waals surface area contributed by atoms with Gasteiger partial charge >= 0.3 is 24.8 Å². The molecule has 0 amide bonds. The van der Waals surface area contributed by atoms with Crippen LogP contribution < -0.4 is 24.2 Å². The van der Waals surface area contributed by atoms with Crippen LogP contribution in [0.25, 0.3) is 0 Å². The van der Waals surface area contributed by atoms with E-state index in [1.165, 1.54) is 36.9 Å². The molecular weight excluding hydrogens is 283 g/mol. The number of rotatable bonds is 6. The van der Waals surface area contributed by atoms with Gasteiger partial charge in [0.2, 0.25) is 0 Å². The van der Waals surface area contributed by atoms with Crippen molar-refractivity contribution in [1.82, 2.24) is 4.98 Å². The van der Waals surface area contributed by atoms with Gasteiger partial charge in [-0.2, -0.15) is 12.8 Å². The van der Waals surface area contributed by atoms with Crippen LogP contribution in [-0.2, 0) is 17.6 Å². The Morgan fingerprint density at radius 3 is 2.70 bits per heavy atom. The van der Waals surface area contributed by atoms with E-state index in [0.29, 0.717) is 6.42 Å². The average molecular weight is 311 g/mol. The Hall–Kier alpha value is -0.983. The molecule has 0 saturated carbocycles. The van der Waals surface area contributed by atoms with Gasteiger partial charge in [0.25, 0.3) is 0 Å². The fourth-order valence-corrected chi connectivity index (χ4v) is 2.11. The third kappa shape index (κ3) is 8.44. The fraction of sp³-hybridized carbons (Fsp3) is 0.556. The Morgan fingerprint density at radius 2 is 2.13 bits per heavy atom. The van der Waals surface area contributed by atoms with E-state index in [9.17, 15) is 4.79 Å². The first-order chi connectivity index (χ1) is 10.6. The number of anilines is 1. The number of aryl methyl sites for hydroxylation is 2. The van der Waals surface area contributed by atoms with Gasteiger partial charge in [0.1, 0.15) is 5.82 Å². The van der Waals surface area contributed by atoms with Gasteiger partial charge in [0.05, 0.1) is 0 Å². The van der Waals surface area contributed by atoms with Gasteiger partial charge in [0, 0.05) is 18.2 Å². The molecular formula is C18H28LiN2O2-. The Morgan fingerprint density at radius 1 is 1.39 bits per heavy atom. The quantitative estimate of drug-likeness (QED) is 0.466. The first kappa shape index (κ1) is 22.0. The topological polar surface area (TPSA) is 62.2 Å². The summed E-state index contributed by atoms with van der Waals surface area (Å²) >= 11 is 0. The molecule has 0 aromatic carbocycles. The van der Waals surface area contributed by atoms with Crippen LogP contribution in [0.3, 0.4) is 0 Å². The number of hydrogen-bond acceptors (Lipinski definition) is 3. The second kappa shape index (κ2) is 12.4. The third-order valence-electron chi connectivity index (χ3n) is 3.74. The van der Waals surface area contributed by atoms with E-state index < -0.39 is 5.97 Å². The second-order valence-electron chi connectivity index (χ2n) is 5.68. The number of pyridine rings is 1. The van der Waals surface area contributed by atoms with Crippen molar-refractivity contribution in [3.05, 3.63) is 37.2 Å². The molecule has 0 radical (unpaired) electrons. The molecule has 0 bridgehead atoms. The van der Waals surface area contributed by atoms with Crippen LogP contribution in [0.2, 0.25) is 0 Å². The molecule has 1 atom stereocenters. The SMILES string of the molecule is [CH2-]CCCCc1ccc2c(n1)NCCC2.[CH2-]C[C@H](C)C(=O)O.[Li+]. The van der Waals surface area contributed by atoms with E-state index in [-0.39, 0.29) is 24.8 Å². The Balaban J connectivity index is 0.000000522. The predicted octanol–water partition coefficient (Wildman–Crippen LogP) is 0.922. The summed E-state index contributed by atoms with van der Waals surface area (Å²) in [5.41, 5.74) is 2.60. The van der Waals surface area contributed by atoms with Crippen LogP contribution in [0, 0.1) is 19.8 Å². The normalized spacial score (nSPS) is 13.5. The van der Waals surface area contributed by atoms with E-state index in [1.807, 2.05) is 0 Å². The van der Waals surface area contributed by atoms with Crippen molar-refractivity contribution in [2.45, 2.75) is 51.9 Å². The number of carboxylic acids is 1. The van der Waals surface area contributed by atoms with Crippen LogP contribution >= 0.6 is 0 Å². The summed E-state index contributed by atoms with van der Waals surface area (Å²) in [4.78, 5) is 14.5. The van der Waals surface area contributed by atoms with E-state index in [0.717, 1.165) is 25.2 Å². The summed E-state index contributed by atoms with van der Waals surface area (Å²) in [5.74, 6) is 0.0587. The number of unbranched alkanes of at least 4 members (excludes halogenated alkanes) is 2. The molecule has 1 aliphatic rings. The number of aromatic nitrogens is 1. The maximum absolute atomic E-state index is 9.89. The molecule has 23 heavy (non-hydrogen) atoms. The molecule has 1 aliphatic heterocycles. The van der Waals surface area contributed by atoms with E-state index in [1.54, 1.807) is 6.92 Å². The Labute approximate surface area is 152 Å². The number of nitrogens with zero attached hydrogens (tertiary/aromatic N) is 1. The largest absolute Gasteiger partial charge is 1.00 e. The zero-order valence-electron chi connectivity index (χ0n) is 14.6. The number of hydrogen-bond donors (Lipinski definition) is 2. The van der Waals surface area contributed by atoms with Crippen molar-refractivity contribution in [1.29, 1.82) is 0 Å². The van der Waals surface area contributed by atoms with Crippen LogP contribution in [0.4, 0.5) is 5.82 Å². The Bertz CT molecular complexity index is 466. The first-order valence-electron chi connectivity index (χ1n) is 8.12. The first-order valence-corrected chi connectivity index (χ1v) is 8.12. The van der Waals surface area contributed by atoms with E-state index in [2.05, 4.69) is 36.3 Å². The molecule has 0 unspecified atom stereocenters. The number of aliphatic carboxylic acids is 1. The molecule has 0 saturated heterocycles. The fourth-order valence-electron chi connectivity index (χ4n) is 2.11. The number of carboxylic acid groups (broad SMARTS) is 1. The van der Waals surface area contributed by atoms with E-state index in [4.69, 9.17) is 5.11 Å². The molecule has 2 heterocycles. The summed E-state index contributed by atoms with van der Waals surface area (Å²) in [6, 6.07) is 4.41. The maximum atomic E-state index is 9.89. The Kier molecular flexibility index (Phi) is 11.9. The number of carbonyl (C=O) groups is 1. The van der Waals surface area contributed by atoms with Crippen molar-refractivity contribution in [3.63, 3.8) is 0 Å². The van der Waals surface area contributed by atoms with Gasteiger partial charge in [-0.25, -0.2) is 4.98 Å². The van der Waals surface area contributed by atoms with Gasteiger partial charge in [-0.15, -0.1) is 0 Å². The number of fused-ring (bicyclic) bond motifs is 1. The minimum absolute atomic E-state index is 0. The number of nitrogens with one attached hydrogen (secondary N) is 1. The molecule has 4 nitrogen and oxygen atoms in total. The zero-order valence-corrected chi connectivity index (χ0v) is 14.6. The summed E-state index contributed by atoms with van der Waals surface area (Å²) in [6.45, 7) is 9.99. The summed E-state index contributed by atoms with van der Waals surface area (Å²) in [5, 5.41) is 11.5. The predicted molar refractivity (Wildman–Crippen MR) is 90.7 cm³/mol. The molecule has 0 fully saturated rings. The van der Waals surface area contributed by atoms with Crippen LogP contribution in [0.5, 0.6) is 0 Å². The van der Waals surface area contributed by atoms with Gasteiger partial charge in [0.15, 0.2) is 0 Å². The monoisotopic (exact) mass is 311 g/mol. The van der Waals surface area contributed by atoms with E-state index >= 15 is 0 Å². The van der Waals surface area contributed by atoms with Gasteiger partial charge < -0.3 is 24.3 Å². The van der Waals surface area contributed by atoms with Gasteiger partial charge in [-0.05, 0) is 30.9 Å². The van der Waals surface area contributed by atoms with Crippen LogP contribution in [0.15, 0.2) is 12.1 Å². The van der Waals surface area contributed by atoms with Crippen molar-refractivity contribution >= 4 is 11.8 Å². The molecule has 0 spiro atoms. The minimum atomic E-state index is -0.769. The minimum Gasteiger partial charge on any atom is -0.481 e. The molecule has 2 N–H and O–H groups in total. The molecule has 1 aromatic rings. The summed E-state index contributed by atoms with van der Waals surface area (Å²) in [7, 11) is 0. The smallest absolute Gasteiger partial charge is 0.481 e. The van der Waals surface area contributed by atoms with Crippen LogP contribution in [0.1, 0.15) is 50.3 Å². The maximum Gasteiger partial charge on any atom is 1.00 e. The van der Waals surface area contributed by atoms with Crippen molar-refractivity contribution in [3.8, 4) is 0 Å². The standard InChI is InChI=1S/C13H19N2.C5H9O2.Li/c1-2-3-4-7-12-9-8-11-6-5-10-14-13(11)15-12;1-3-4(2)5(6)7;/h8-9H,1-7,10H2,(H,14,15);4H,1,3H2,2H3,(H,6,7);/q2*-1;+1/t;4-;/m.0./s1. The van der Waals surface area contributed by atoms with Gasteiger partial charge in [-0.1, -0.05) is 25.8 Å². The molecule has 124 valence electrons. The second-order valence-corrected chi connectivity index (χ2v) is 5.68. The van der Waals surface area contributed by atoms with Crippen molar-refractivity contribution in [2.24, 2.45) is 5.92 Å². The summed E-state index contributed by atoms with van der Waals surface area (Å²) in [6.07, 6.45) is 7.40. The molecule has 5 heteroatoms. The zero-order chi connectivity index (χ0) is 16.4. The third-order valence-corrected chi connectivity index (χ3v) is 3.74. The van der Waals surface area contributed by atoms with Crippen LogP contribution in [-0.4, -0.2) is 22.6 Å². The van der Waals surface area contributed by atoms with Gasteiger partial charge in [-0.3, -0.25) is 4.79 Å². The van der Waals surface area contributed by atoms with Crippen molar-refractivity contribution in [2.75, 3.05) is 11.9 Å². The van der Waals surface area contributed by atoms with Crippen molar-refractivity contribution < 1.29 is 28.8 Å². The summed E-state index contributed by atoms with van der Waals surface area (Å²) < 4.78 is 0.